The molecule has 4 rings (SSSR count). The van der Waals surface area contributed by atoms with Gasteiger partial charge in [-0.1, -0.05) is 13.8 Å². The van der Waals surface area contributed by atoms with Crippen molar-refractivity contribution in [3.05, 3.63) is 0 Å². The maximum absolute atomic E-state index is 6.52. The molecule has 0 aromatic carbocycles. The zero-order valence-electron chi connectivity index (χ0n) is 9.95. The van der Waals surface area contributed by atoms with Crippen LogP contribution in [0.3, 0.4) is 0 Å². The van der Waals surface area contributed by atoms with Gasteiger partial charge in [0.05, 0.1) is 0 Å². The van der Waals surface area contributed by atoms with Crippen molar-refractivity contribution >= 4 is 0 Å². The Morgan fingerprint density at radius 3 is 2.13 bits per heavy atom. The summed E-state index contributed by atoms with van der Waals surface area (Å²) in [5, 5.41) is 0. The average Bonchev–Trinajstić information content (AvgIpc) is 2.41. The van der Waals surface area contributed by atoms with Crippen molar-refractivity contribution in [1.82, 2.24) is 9.80 Å². The number of hydrogen-bond acceptors (Lipinski definition) is 3. The summed E-state index contributed by atoms with van der Waals surface area (Å²) in [6.45, 7) is 12.2. The minimum atomic E-state index is 0.373. The average molecular weight is 209 g/mol. The minimum absolute atomic E-state index is 0.373. The first-order valence-electron chi connectivity index (χ1n) is 6.32. The zero-order valence-corrected chi connectivity index (χ0v) is 9.95. The van der Waals surface area contributed by atoms with E-state index in [-0.39, 0.29) is 0 Å². The van der Waals surface area contributed by atoms with E-state index in [0.29, 0.717) is 17.4 Å². The number of rotatable bonds is 1. The second-order valence-corrected chi connectivity index (χ2v) is 6.14. The fourth-order valence-electron chi connectivity index (χ4n) is 4.01. The number of nitrogens with two attached hydrogens (primary N) is 1. The van der Waals surface area contributed by atoms with E-state index in [9.17, 15) is 0 Å². The Hall–Kier alpha value is -0.120. The summed E-state index contributed by atoms with van der Waals surface area (Å²) in [7, 11) is 0. The van der Waals surface area contributed by atoms with Crippen LogP contribution >= 0.6 is 0 Å². The zero-order chi connectivity index (χ0) is 10.6. The highest BCUT2D eigenvalue weighted by molar-refractivity contribution is 5.08. The summed E-state index contributed by atoms with van der Waals surface area (Å²) in [5.74, 6) is 1.43. The number of piperidine rings is 2. The van der Waals surface area contributed by atoms with Crippen molar-refractivity contribution in [3.8, 4) is 0 Å². The van der Waals surface area contributed by atoms with Gasteiger partial charge in [0.15, 0.2) is 0 Å². The van der Waals surface area contributed by atoms with E-state index < -0.39 is 0 Å². The van der Waals surface area contributed by atoms with Crippen molar-refractivity contribution in [2.45, 2.75) is 19.9 Å². The Morgan fingerprint density at radius 2 is 1.67 bits per heavy atom. The summed E-state index contributed by atoms with van der Waals surface area (Å²) >= 11 is 0. The van der Waals surface area contributed by atoms with Gasteiger partial charge in [-0.05, 0) is 5.92 Å². The van der Waals surface area contributed by atoms with Gasteiger partial charge in [0, 0.05) is 56.6 Å². The van der Waals surface area contributed by atoms with Crippen LogP contribution in [-0.4, -0.2) is 55.1 Å². The maximum Gasteiger partial charge on any atom is 0.0176 e. The molecule has 15 heavy (non-hydrogen) atoms. The first kappa shape index (κ1) is 10.1. The molecule has 4 fully saturated rings. The van der Waals surface area contributed by atoms with Crippen molar-refractivity contribution in [2.24, 2.45) is 23.0 Å². The lowest BCUT2D eigenvalue weighted by Gasteiger charge is -2.56. The molecule has 4 aliphatic heterocycles. The van der Waals surface area contributed by atoms with Gasteiger partial charge in [-0.25, -0.2) is 0 Å². The van der Waals surface area contributed by atoms with E-state index in [0.717, 1.165) is 5.92 Å². The summed E-state index contributed by atoms with van der Waals surface area (Å²) < 4.78 is 0. The summed E-state index contributed by atoms with van der Waals surface area (Å²) in [4.78, 5) is 5.31. The molecular weight excluding hydrogens is 186 g/mol. The van der Waals surface area contributed by atoms with Crippen LogP contribution in [0.1, 0.15) is 13.8 Å². The molecule has 4 saturated heterocycles. The van der Waals surface area contributed by atoms with Crippen LogP contribution < -0.4 is 5.73 Å². The first-order valence-corrected chi connectivity index (χ1v) is 6.32. The van der Waals surface area contributed by atoms with Gasteiger partial charge in [-0.2, -0.15) is 0 Å². The van der Waals surface area contributed by atoms with E-state index in [1.165, 1.54) is 39.3 Å². The molecule has 2 N–H and O–H groups in total. The van der Waals surface area contributed by atoms with Gasteiger partial charge in [0.2, 0.25) is 0 Å². The van der Waals surface area contributed by atoms with Gasteiger partial charge in [0.25, 0.3) is 0 Å². The number of fused-ring (bicyclic) bond motifs is 1. The van der Waals surface area contributed by atoms with Gasteiger partial charge in [0.1, 0.15) is 0 Å². The highest BCUT2D eigenvalue weighted by Gasteiger charge is 2.53. The first-order chi connectivity index (χ1) is 7.12. The molecule has 0 spiro atoms. The van der Waals surface area contributed by atoms with E-state index >= 15 is 0 Å². The summed E-state index contributed by atoms with van der Waals surface area (Å²) in [6, 6.07) is 0.433. The Balaban J connectivity index is 1.99. The predicted molar refractivity (Wildman–Crippen MR) is 61.6 cm³/mol. The van der Waals surface area contributed by atoms with Crippen molar-refractivity contribution < 1.29 is 0 Å². The van der Waals surface area contributed by atoms with E-state index in [2.05, 4.69) is 23.6 Å². The Labute approximate surface area is 92.6 Å². The van der Waals surface area contributed by atoms with Crippen LogP contribution in [0.5, 0.6) is 0 Å². The van der Waals surface area contributed by atoms with Crippen molar-refractivity contribution in [3.63, 3.8) is 0 Å². The maximum atomic E-state index is 6.52. The third-order valence-electron chi connectivity index (χ3n) is 5.08. The van der Waals surface area contributed by atoms with Crippen LogP contribution in [0, 0.1) is 17.3 Å². The lowest BCUT2D eigenvalue weighted by molar-refractivity contribution is -0.0463. The van der Waals surface area contributed by atoms with Gasteiger partial charge >= 0.3 is 0 Å². The standard InChI is InChI=1S/C12H23N3/c1-9(2)12-7-14-3-4-15(8-12)6-10(5-14)11(12)13/h9-11H,3-8,13H2,1-2H3/t10?,11-,12?/m0/s1. The number of hydrogen-bond donors (Lipinski definition) is 1. The highest BCUT2D eigenvalue weighted by Crippen LogP contribution is 2.44. The Kier molecular flexibility index (Phi) is 2.14. The van der Waals surface area contributed by atoms with E-state index in [1.807, 2.05) is 0 Å². The fourth-order valence-corrected chi connectivity index (χ4v) is 4.01. The van der Waals surface area contributed by atoms with Gasteiger partial charge in [-0.3, -0.25) is 0 Å². The summed E-state index contributed by atoms with van der Waals surface area (Å²) in [5.41, 5.74) is 6.89. The van der Waals surface area contributed by atoms with E-state index in [1.54, 1.807) is 0 Å². The molecule has 2 unspecified atom stereocenters. The minimum Gasteiger partial charge on any atom is -0.327 e. The molecule has 3 atom stereocenters. The van der Waals surface area contributed by atoms with Crippen LogP contribution in [0.4, 0.5) is 0 Å². The van der Waals surface area contributed by atoms with Crippen molar-refractivity contribution in [1.29, 1.82) is 0 Å². The smallest absolute Gasteiger partial charge is 0.0176 e. The topological polar surface area (TPSA) is 32.5 Å². The highest BCUT2D eigenvalue weighted by atomic mass is 15.3. The molecule has 0 aromatic heterocycles. The molecule has 4 aliphatic rings. The second-order valence-electron chi connectivity index (χ2n) is 6.14. The molecule has 0 saturated carbocycles. The molecule has 0 aromatic rings. The summed E-state index contributed by atoms with van der Waals surface area (Å²) in [6.07, 6.45) is 0. The van der Waals surface area contributed by atoms with Crippen LogP contribution in [-0.2, 0) is 0 Å². The van der Waals surface area contributed by atoms with Crippen LogP contribution in [0.25, 0.3) is 0 Å². The van der Waals surface area contributed by atoms with Crippen molar-refractivity contribution in [2.75, 3.05) is 39.3 Å². The van der Waals surface area contributed by atoms with Crippen LogP contribution in [0.15, 0.2) is 0 Å². The predicted octanol–water partition coefficient (Wildman–Crippen LogP) is 0.217. The van der Waals surface area contributed by atoms with Gasteiger partial charge in [-0.15, -0.1) is 0 Å². The van der Waals surface area contributed by atoms with Gasteiger partial charge < -0.3 is 15.5 Å². The quantitative estimate of drug-likeness (QED) is 0.670. The molecule has 3 heteroatoms. The monoisotopic (exact) mass is 209 g/mol. The molecule has 0 radical (unpaired) electrons. The van der Waals surface area contributed by atoms with E-state index in [4.69, 9.17) is 5.73 Å². The molecule has 3 nitrogen and oxygen atoms in total. The Morgan fingerprint density at radius 1 is 1.13 bits per heavy atom. The molecule has 0 amide bonds. The molecule has 4 bridgehead atoms. The van der Waals surface area contributed by atoms with Crippen LogP contribution in [0.2, 0.25) is 0 Å². The second kappa shape index (κ2) is 3.19. The Bertz CT molecular complexity index is 248. The lowest BCUT2D eigenvalue weighted by atomic mass is 9.63. The third-order valence-corrected chi connectivity index (χ3v) is 5.08. The normalized spacial score (nSPS) is 53.6. The molecule has 0 aliphatic carbocycles. The number of nitrogens with zero attached hydrogens (tertiary/aromatic N) is 2. The lowest BCUT2D eigenvalue weighted by Crippen LogP contribution is -2.68. The SMILES string of the molecule is CC(C)C12CN3CCN(CC(C3)[C@@H]1N)C2. The molecular formula is C12H23N3. The largest absolute Gasteiger partial charge is 0.327 e. The molecule has 86 valence electrons. The third kappa shape index (κ3) is 1.30. The molecule has 4 heterocycles. The fraction of sp³-hybridized carbons (Fsp3) is 1.00.